The molecule has 0 N–H and O–H groups in total. The van der Waals surface area contributed by atoms with Crippen molar-refractivity contribution in [3.05, 3.63) is 29.8 Å². The summed E-state index contributed by atoms with van der Waals surface area (Å²) in [6.07, 6.45) is -5.13. The van der Waals surface area contributed by atoms with Crippen molar-refractivity contribution in [1.29, 1.82) is 0 Å². The number of amides is 2. The monoisotopic (exact) mass is 388 g/mol. The summed E-state index contributed by atoms with van der Waals surface area (Å²) < 4.78 is 46.3. The molecule has 0 spiro atoms. The number of alkyl halides is 3. The minimum atomic E-state index is -4.73. The van der Waals surface area contributed by atoms with Crippen molar-refractivity contribution in [3.63, 3.8) is 0 Å². The molecule has 1 unspecified atom stereocenters. The van der Waals surface area contributed by atoms with Gasteiger partial charge in [-0.3, -0.25) is 9.59 Å². The lowest BCUT2D eigenvalue weighted by molar-refractivity contribution is -0.274. The van der Waals surface area contributed by atoms with Crippen LogP contribution in [0.5, 0.6) is 5.75 Å². The second-order valence-corrected chi connectivity index (χ2v) is 6.66. The van der Waals surface area contributed by atoms with Gasteiger partial charge in [0.25, 0.3) is 0 Å². The first-order valence-corrected chi connectivity index (χ1v) is 8.56. The van der Waals surface area contributed by atoms with Crippen LogP contribution < -0.4 is 4.74 Å². The lowest BCUT2D eigenvalue weighted by Crippen LogP contribution is -2.42. The Balaban J connectivity index is 2.01. The predicted octanol–water partition coefficient (Wildman–Crippen LogP) is 2.57. The Kier molecular flexibility index (Phi) is 6.69. The lowest BCUT2D eigenvalue weighted by Gasteiger charge is -2.27. The molecule has 1 aliphatic rings. The summed E-state index contributed by atoms with van der Waals surface area (Å²) >= 11 is 0. The summed E-state index contributed by atoms with van der Waals surface area (Å²) in [5.74, 6) is -0.656. The van der Waals surface area contributed by atoms with E-state index in [0.717, 1.165) is 0 Å². The van der Waals surface area contributed by atoms with Crippen LogP contribution >= 0.6 is 0 Å². The zero-order valence-corrected chi connectivity index (χ0v) is 15.5. The summed E-state index contributed by atoms with van der Waals surface area (Å²) in [6.45, 7) is 5.94. The Bertz CT molecular complexity index is 662. The molecule has 2 amide bonds. The van der Waals surface area contributed by atoms with Crippen molar-refractivity contribution >= 4 is 11.8 Å². The maximum Gasteiger partial charge on any atom is 0.573 e. The van der Waals surface area contributed by atoms with Crippen LogP contribution in [-0.4, -0.2) is 59.8 Å². The van der Waals surface area contributed by atoms with Gasteiger partial charge in [-0.25, -0.2) is 0 Å². The maximum absolute atomic E-state index is 12.3. The molecule has 1 aliphatic heterocycles. The predicted molar refractivity (Wildman–Crippen MR) is 90.8 cm³/mol. The van der Waals surface area contributed by atoms with Gasteiger partial charge in [0.05, 0.1) is 19.3 Å². The van der Waals surface area contributed by atoms with Gasteiger partial charge in [0, 0.05) is 26.1 Å². The van der Waals surface area contributed by atoms with Crippen molar-refractivity contribution in [2.24, 2.45) is 0 Å². The van der Waals surface area contributed by atoms with Crippen LogP contribution in [0.15, 0.2) is 24.3 Å². The third-order valence-electron chi connectivity index (χ3n) is 4.18. The fraction of sp³-hybridized carbons (Fsp3) is 0.556. The molecule has 0 aromatic heterocycles. The average molecular weight is 388 g/mol. The molecule has 1 aromatic rings. The van der Waals surface area contributed by atoms with E-state index in [2.05, 4.69) is 4.74 Å². The summed E-state index contributed by atoms with van der Waals surface area (Å²) in [5.41, 5.74) is 0.658. The Morgan fingerprint density at radius 2 is 1.85 bits per heavy atom. The van der Waals surface area contributed by atoms with Gasteiger partial charge in [0.1, 0.15) is 5.75 Å². The van der Waals surface area contributed by atoms with Crippen molar-refractivity contribution < 1.29 is 32.2 Å². The highest BCUT2D eigenvalue weighted by Gasteiger charge is 2.32. The van der Waals surface area contributed by atoms with E-state index in [-0.39, 0.29) is 43.3 Å². The van der Waals surface area contributed by atoms with Crippen LogP contribution in [0, 0.1) is 0 Å². The number of rotatable bonds is 5. The molecule has 2 rings (SSSR count). The Labute approximate surface area is 155 Å². The first kappa shape index (κ1) is 21.0. The number of halogens is 3. The lowest BCUT2D eigenvalue weighted by atomic mass is 10.2. The third-order valence-corrected chi connectivity index (χ3v) is 4.18. The Morgan fingerprint density at radius 1 is 1.22 bits per heavy atom. The van der Waals surface area contributed by atoms with Crippen LogP contribution in [0.4, 0.5) is 13.2 Å². The fourth-order valence-corrected chi connectivity index (χ4v) is 2.79. The molecule has 1 atom stereocenters. The van der Waals surface area contributed by atoms with Gasteiger partial charge in [-0.2, -0.15) is 0 Å². The summed E-state index contributed by atoms with van der Waals surface area (Å²) in [4.78, 5) is 27.2. The molecule has 6 nitrogen and oxygen atoms in total. The molecule has 1 aromatic carbocycles. The van der Waals surface area contributed by atoms with E-state index >= 15 is 0 Å². The van der Waals surface area contributed by atoms with Crippen LogP contribution in [0.2, 0.25) is 0 Å². The number of hydrogen-bond donors (Lipinski definition) is 0. The minimum Gasteiger partial charge on any atom is -0.406 e. The maximum atomic E-state index is 12.3. The van der Waals surface area contributed by atoms with E-state index in [1.165, 1.54) is 36.1 Å². The number of carbonyl (C=O) groups excluding carboxylic acids is 2. The topological polar surface area (TPSA) is 59.1 Å². The SMILES string of the molecule is CC(=O)N1CC(=O)N(C(C)C)CC(OCc2ccc(OC(F)(F)F)cc2)C1. The van der Waals surface area contributed by atoms with Crippen LogP contribution in [-0.2, 0) is 20.9 Å². The Hall–Kier alpha value is -2.29. The number of carbonyl (C=O) groups is 2. The summed E-state index contributed by atoms with van der Waals surface area (Å²) in [5, 5.41) is 0. The van der Waals surface area contributed by atoms with Crippen molar-refractivity contribution in [1.82, 2.24) is 9.80 Å². The molecule has 150 valence electrons. The zero-order chi connectivity index (χ0) is 20.2. The van der Waals surface area contributed by atoms with Gasteiger partial charge >= 0.3 is 6.36 Å². The van der Waals surface area contributed by atoms with Crippen LogP contribution in [0.25, 0.3) is 0 Å². The smallest absolute Gasteiger partial charge is 0.406 e. The quantitative estimate of drug-likeness (QED) is 0.778. The van der Waals surface area contributed by atoms with Gasteiger partial charge in [0.15, 0.2) is 0 Å². The molecule has 0 aliphatic carbocycles. The third kappa shape index (κ3) is 6.42. The second-order valence-electron chi connectivity index (χ2n) is 6.66. The zero-order valence-electron chi connectivity index (χ0n) is 15.5. The number of benzene rings is 1. The van der Waals surface area contributed by atoms with Gasteiger partial charge in [-0.15, -0.1) is 13.2 Å². The van der Waals surface area contributed by atoms with Crippen molar-refractivity contribution in [2.45, 2.75) is 45.9 Å². The van der Waals surface area contributed by atoms with E-state index in [1.807, 2.05) is 13.8 Å². The largest absolute Gasteiger partial charge is 0.573 e. The van der Waals surface area contributed by atoms with E-state index in [9.17, 15) is 22.8 Å². The normalized spacial score (nSPS) is 18.6. The minimum absolute atomic E-state index is 0.0108. The van der Waals surface area contributed by atoms with E-state index < -0.39 is 12.5 Å². The number of hydrogen-bond acceptors (Lipinski definition) is 4. The highest BCUT2D eigenvalue weighted by molar-refractivity contribution is 5.84. The Morgan fingerprint density at radius 3 is 2.37 bits per heavy atom. The highest BCUT2D eigenvalue weighted by atomic mass is 19.4. The molecular formula is C18H23F3N2O4. The molecule has 1 heterocycles. The fourth-order valence-electron chi connectivity index (χ4n) is 2.79. The molecule has 0 radical (unpaired) electrons. The summed E-state index contributed by atoms with van der Waals surface area (Å²) in [7, 11) is 0. The van der Waals surface area contributed by atoms with Crippen LogP contribution in [0.1, 0.15) is 26.3 Å². The molecule has 9 heteroatoms. The van der Waals surface area contributed by atoms with Gasteiger partial charge in [-0.05, 0) is 31.5 Å². The van der Waals surface area contributed by atoms with Gasteiger partial charge < -0.3 is 19.3 Å². The molecule has 0 bridgehead atoms. The standard InChI is InChI=1S/C18H23F3N2O4/c1-12(2)23-9-16(8-22(13(3)24)10-17(23)25)26-11-14-4-6-15(7-5-14)27-18(19,20)21/h4-7,12,16H,8-11H2,1-3H3. The molecule has 0 saturated carbocycles. The van der Waals surface area contributed by atoms with Crippen molar-refractivity contribution in [2.75, 3.05) is 19.6 Å². The highest BCUT2D eigenvalue weighted by Crippen LogP contribution is 2.23. The second kappa shape index (κ2) is 8.60. The average Bonchev–Trinajstić information content (AvgIpc) is 2.72. The van der Waals surface area contributed by atoms with E-state index in [1.54, 1.807) is 4.90 Å². The van der Waals surface area contributed by atoms with Gasteiger partial charge in [0.2, 0.25) is 11.8 Å². The first-order valence-electron chi connectivity index (χ1n) is 8.56. The van der Waals surface area contributed by atoms with Crippen LogP contribution in [0.3, 0.4) is 0 Å². The molecule has 1 saturated heterocycles. The molecular weight excluding hydrogens is 365 g/mol. The number of ether oxygens (including phenoxy) is 2. The van der Waals surface area contributed by atoms with E-state index in [4.69, 9.17) is 4.74 Å². The van der Waals surface area contributed by atoms with Crippen molar-refractivity contribution in [3.8, 4) is 5.75 Å². The van der Waals surface area contributed by atoms with Gasteiger partial charge in [-0.1, -0.05) is 12.1 Å². The summed E-state index contributed by atoms with van der Waals surface area (Å²) in [6, 6.07) is 5.35. The first-order chi connectivity index (χ1) is 12.5. The number of nitrogens with zero attached hydrogens (tertiary/aromatic N) is 2. The molecule has 1 fully saturated rings. The molecule has 27 heavy (non-hydrogen) atoms. The van der Waals surface area contributed by atoms with E-state index in [0.29, 0.717) is 12.1 Å².